The van der Waals surface area contributed by atoms with E-state index in [9.17, 15) is 14.0 Å². The highest BCUT2D eigenvalue weighted by molar-refractivity contribution is 14.1. The van der Waals surface area contributed by atoms with Crippen molar-refractivity contribution in [2.75, 3.05) is 4.90 Å². The number of rotatable bonds is 2. The summed E-state index contributed by atoms with van der Waals surface area (Å²) in [6.45, 7) is 1.89. The Morgan fingerprint density at radius 2 is 1.81 bits per heavy atom. The standard InChI is InChI=1S/C16H11FINO2/c1-9-6-12-14(13(17)7-9)19(16(21)15(12)20)8-10-2-4-11(18)5-3-10/h2-7H,8H2,1H3. The van der Waals surface area contributed by atoms with Gasteiger partial charge in [-0.25, -0.2) is 4.39 Å². The highest BCUT2D eigenvalue weighted by Crippen LogP contribution is 2.33. The van der Waals surface area contributed by atoms with Gasteiger partial charge in [-0.3, -0.25) is 14.5 Å². The van der Waals surface area contributed by atoms with Gasteiger partial charge in [-0.1, -0.05) is 12.1 Å². The van der Waals surface area contributed by atoms with E-state index in [1.165, 1.54) is 11.0 Å². The zero-order valence-electron chi connectivity index (χ0n) is 11.2. The van der Waals surface area contributed by atoms with Crippen LogP contribution < -0.4 is 4.90 Å². The summed E-state index contributed by atoms with van der Waals surface area (Å²) in [7, 11) is 0. The lowest BCUT2D eigenvalue weighted by molar-refractivity contribution is -0.114. The lowest BCUT2D eigenvalue weighted by Crippen LogP contribution is -2.29. The number of Topliss-reactive ketones (excluding diaryl/α,β-unsaturated/α-hetero) is 1. The van der Waals surface area contributed by atoms with Crippen LogP contribution in [0.5, 0.6) is 0 Å². The second-order valence-electron chi connectivity index (χ2n) is 4.99. The molecule has 0 atom stereocenters. The normalized spacial score (nSPS) is 13.8. The van der Waals surface area contributed by atoms with E-state index in [4.69, 9.17) is 0 Å². The third kappa shape index (κ3) is 2.46. The number of carbonyl (C=O) groups excluding carboxylic acids is 2. The molecule has 21 heavy (non-hydrogen) atoms. The predicted octanol–water partition coefficient (Wildman–Crippen LogP) is 3.47. The molecule has 0 N–H and O–H groups in total. The van der Waals surface area contributed by atoms with Crippen LogP contribution in [0.2, 0.25) is 0 Å². The maximum absolute atomic E-state index is 14.2. The lowest BCUT2D eigenvalue weighted by Gasteiger charge is -2.17. The third-order valence-corrected chi connectivity index (χ3v) is 4.13. The van der Waals surface area contributed by atoms with E-state index in [2.05, 4.69) is 22.6 Å². The Morgan fingerprint density at radius 3 is 2.48 bits per heavy atom. The molecular weight excluding hydrogens is 384 g/mol. The maximum atomic E-state index is 14.2. The topological polar surface area (TPSA) is 37.4 Å². The van der Waals surface area contributed by atoms with E-state index in [1.807, 2.05) is 24.3 Å². The minimum atomic E-state index is -0.673. The first-order chi connectivity index (χ1) is 9.97. The zero-order valence-corrected chi connectivity index (χ0v) is 13.3. The van der Waals surface area contributed by atoms with Crippen LogP contribution in [0.1, 0.15) is 21.5 Å². The molecule has 106 valence electrons. The van der Waals surface area contributed by atoms with Gasteiger partial charge in [0.1, 0.15) is 5.82 Å². The lowest BCUT2D eigenvalue weighted by atomic mass is 10.1. The number of aryl methyl sites for hydroxylation is 1. The fourth-order valence-corrected chi connectivity index (χ4v) is 2.80. The van der Waals surface area contributed by atoms with Crippen LogP contribution in [0.4, 0.5) is 10.1 Å². The Kier molecular flexibility index (Phi) is 3.52. The number of nitrogens with zero attached hydrogens (tertiary/aromatic N) is 1. The maximum Gasteiger partial charge on any atom is 0.299 e. The van der Waals surface area contributed by atoms with Gasteiger partial charge in [-0.2, -0.15) is 0 Å². The SMILES string of the molecule is Cc1cc(F)c2c(c1)C(=O)C(=O)N2Cc1ccc(I)cc1. The molecule has 1 aliphatic heterocycles. The van der Waals surface area contributed by atoms with Crippen molar-refractivity contribution in [2.45, 2.75) is 13.5 Å². The van der Waals surface area contributed by atoms with Gasteiger partial charge in [0.2, 0.25) is 0 Å². The smallest absolute Gasteiger partial charge is 0.298 e. The number of amides is 1. The fraction of sp³-hybridized carbons (Fsp3) is 0.125. The first kappa shape index (κ1) is 14.2. The predicted molar refractivity (Wildman–Crippen MR) is 85.8 cm³/mol. The molecule has 3 rings (SSSR count). The van der Waals surface area contributed by atoms with Gasteiger partial charge in [0, 0.05) is 3.57 Å². The number of carbonyl (C=O) groups is 2. The van der Waals surface area contributed by atoms with Crippen molar-refractivity contribution < 1.29 is 14.0 Å². The van der Waals surface area contributed by atoms with Crippen LogP contribution in [0.15, 0.2) is 36.4 Å². The second-order valence-corrected chi connectivity index (χ2v) is 6.24. The highest BCUT2D eigenvalue weighted by atomic mass is 127. The van der Waals surface area contributed by atoms with E-state index >= 15 is 0 Å². The number of hydrogen-bond donors (Lipinski definition) is 0. The van der Waals surface area contributed by atoms with Crippen molar-refractivity contribution in [3.63, 3.8) is 0 Å². The number of anilines is 1. The Balaban J connectivity index is 2.03. The molecule has 3 nitrogen and oxygen atoms in total. The number of benzene rings is 2. The first-order valence-electron chi connectivity index (χ1n) is 6.38. The number of ketones is 1. The summed E-state index contributed by atoms with van der Waals surface area (Å²) in [6, 6.07) is 10.4. The van der Waals surface area contributed by atoms with Crippen LogP contribution >= 0.6 is 22.6 Å². The van der Waals surface area contributed by atoms with Crippen molar-refractivity contribution in [3.8, 4) is 0 Å². The van der Waals surface area contributed by atoms with Crippen LogP contribution in [0, 0.1) is 16.3 Å². The molecule has 0 saturated heterocycles. The van der Waals surface area contributed by atoms with E-state index in [0.717, 1.165) is 9.13 Å². The van der Waals surface area contributed by atoms with E-state index in [1.54, 1.807) is 13.0 Å². The zero-order chi connectivity index (χ0) is 15.1. The van der Waals surface area contributed by atoms with Crippen molar-refractivity contribution in [1.82, 2.24) is 0 Å². The van der Waals surface area contributed by atoms with Gasteiger partial charge >= 0.3 is 0 Å². The summed E-state index contributed by atoms with van der Waals surface area (Å²) in [6.07, 6.45) is 0. The summed E-state index contributed by atoms with van der Waals surface area (Å²) in [5, 5.41) is 0. The summed E-state index contributed by atoms with van der Waals surface area (Å²) >= 11 is 2.18. The molecule has 1 amide bonds. The Bertz CT molecular complexity index is 756. The van der Waals surface area contributed by atoms with Crippen LogP contribution in [-0.4, -0.2) is 11.7 Å². The molecule has 0 saturated carbocycles. The molecule has 1 heterocycles. The Hall–Kier alpha value is -1.76. The van der Waals surface area contributed by atoms with Crippen LogP contribution in [0.3, 0.4) is 0 Å². The third-order valence-electron chi connectivity index (χ3n) is 3.42. The summed E-state index contributed by atoms with van der Waals surface area (Å²) in [5.74, 6) is -1.85. The van der Waals surface area contributed by atoms with Gasteiger partial charge in [-0.15, -0.1) is 0 Å². The Labute approximate surface area is 134 Å². The average molecular weight is 395 g/mol. The quantitative estimate of drug-likeness (QED) is 0.577. The number of hydrogen-bond acceptors (Lipinski definition) is 2. The second kappa shape index (κ2) is 5.22. The van der Waals surface area contributed by atoms with Crippen LogP contribution in [0.25, 0.3) is 0 Å². The van der Waals surface area contributed by atoms with E-state index < -0.39 is 17.5 Å². The average Bonchev–Trinajstić information content (AvgIpc) is 2.67. The number of halogens is 2. The van der Waals surface area contributed by atoms with E-state index in [0.29, 0.717) is 5.56 Å². The highest BCUT2D eigenvalue weighted by Gasteiger charge is 2.38. The summed E-state index contributed by atoms with van der Waals surface area (Å²) < 4.78 is 15.2. The molecule has 0 bridgehead atoms. The first-order valence-corrected chi connectivity index (χ1v) is 7.46. The number of fused-ring (bicyclic) bond motifs is 1. The molecule has 0 aliphatic carbocycles. The van der Waals surface area contributed by atoms with Gasteiger partial charge in [-0.05, 0) is 64.9 Å². The largest absolute Gasteiger partial charge is 0.299 e. The minimum absolute atomic E-state index is 0.0918. The molecule has 2 aromatic carbocycles. The molecule has 2 aromatic rings. The monoisotopic (exact) mass is 395 g/mol. The molecule has 1 aliphatic rings. The van der Waals surface area contributed by atoms with Crippen molar-refractivity contribution in [2.24, 2.45) is 0 Å². The molecule has 0 radical (unpaired) electrons. The fourth-order valence-electron chi connectivity index (χ4n) is 2.44. The van der Waals surface area contributed by atoms with Crippen molar-refractivity contribution in [1.29, 1.82) is 0 Å². The van der Waals surface area contributed by atoms with Crippen LogP contribution in [-0.2, 0) is 11.3 Å². The summed E-state index contributed by atoms with van der Waals surface area (Å²) in [5.41, 5.74) is 1.73. The minimum Gasteiger partial charge on any atom is -0.298 e. The summed E-state index contributed by atoms with van der Waals surface area (Å²) in [4.78, 5) is 25.3. The van der Waals surface area contributed by atoms with Crippen molar-refractivity contribution in [3.05, 3.63) is 62.5 Å². The van der Waals surface area contributed by atoms with Gasteiger partial charge < -0.3 is 0 Å². The molecule has 0 spiro atoms. The molecule has 0 unspecified atom stereocenters. The molecule has 0 aromatic heterocycles. The Morgan fingerprint density at radius 1 is 1.14 bits per heavy atom. The molecule has 0 fully saturated rings. The van der Waals surface area contributed by atoms with Gasteiger partial charge in [0.05, 0.1) is 17.8 Å². The van der Waals surface area contributed by atoms with Gasteiger partial charge in [0.15, 0.2) is 0 Å². The van der Waals surface area contributed by atoms with Gasteiger partial charge in [0.25, 0.3) is 11.7 Å². The van der Waals surface area contributed by atoms with Crippen molar-refractivity contribution >= 4 is 40.0 Å². The molecular formula is C16H11FINO2. The van der Waals surface area contributed by atoms with E-state index in [-0.39, 0.29) is 17.8 Å². The molecule has 5 heteroatoms.